The van der Waals surface area contributed by atoms with Crippen molar-refractivity contribution in [1.29, 1.82) is 0 Å². The largest absolute Gasteiger partial charge is 0.488 e. The monoisotopic (exact) mass is 459 g/mol. The number of hydrogen-bond donors (Lipinski definition) is 1. The molecular weight excluding hydrogens is 434 g/mol. The Morgan fingerprint density at radius 1 is 1.21 bits per heavy atom. The normalized spacial score (nSPS) is 12.5. The number of aliphatic imine (C=N–C) groups is 1. The van der Waals surface area contributed by atoms with Crippen LogP contribution in [-0.4, -0.2) is 37.6 Å². The van der Waals surface area contributed by atoms with Crippen molar-refractivity contribution in [2.45, 2.75) is 39.1 Å². The highest BCUT2D eigenvalue weighted by Gasteiger charge is 2.34. The molecule has 1 aromatic rings. The third-order valence-electron chi connectivity index (χ3n) is 2.88. The summed E-state index contributed by atoms with van der Waals surface area (Å²) >= 11 is 0. The molecule has 1 N–H and O–H groups in total. The van der Waals surface area contributed by atoms with E-state index in [9.17, 15) is 13.2 Å². The minimum Gasteiger partial charge on any atom is -0.488 e. The van der Waals surface area contributed by atoms with Crippen molar-refractivity contribution in [3.8, 4) is 5.75 Å². The summed E-state index contributed by atoms with van der Waals surface area (Å²) in [5.74, 6) is 0.707. The third-order valence-corrected chi connectivity index (χ3v) is 2.88. The molecule has 1 rings (SSSR count). The summed E-state index contributed by atoms with van der Waals surface area (Å²) in [6.45, 7) is 5.39. The number of benzene rings is 1. The van der Waals surface area contributed by atoms with Crippen LogP contribution in [0.5, 0.6) is 5.75 Å². The first-order valence-electron chi connectivity index (χ1n) is 7.21. The lowest BCUT2D eigenvalue weighted by atomic mass is 10.1. The van der Waals surface area contributed by atoms with Gasteiger partial charge in [0.05, 0.1) is 5.56 Å². The van der Waals surface area contributed by atoms with Gasteiger partial charge in [0.25, 0.3) is 0 Å². The van der Waals surface area contributed by atoms with E-state index in [1.807, 2.05) is 0 Å². The Labute approximate surface area is 158 Å². The first kappa shape index (κ1) is 22.8. The van der Waals surface area contributed by atoms with Crippen molar-refractivity contribution < 1.29 is 17.9 Å². The molecule has 1 aromatic carbocycles. The molecule has 8 heteroatoms. The van der Waals surface area contributed by atoms with E-state index in [0.717, 1.165) is 6.07 Å². The van der Waals surface area contributed by atoms with Crippen molar-refractivity contribution in [3.63, 3.8) is 0 Å². The van der Waals surface area contributed by atoms with Gasteiger partial charge >= 0.3 is 6.18 Å². The molecule has 24 heavy (non-hydrogen) atoms. The average molecular weight is 459 g/mol. The van der Waals surface area contributed by atoms with Crippen molar-refractivity contribution in [2.24, 2.45) is 4.99 Å². The van der Waals surface area contributed by atoms with Gasteiger partial charge in [0.15, 0.2) is 5.96 Å². The molecule has 0 unspecified atom stereocenters. The molecule has 0 saturated carbocycles. The molecule has 0 heterocycles. The fraction of sp³-hybridized carbons (Fsp3) is 0.562. The van der Waals surface area contributed by atoms with Crippen LogP contribution in [-0.2, 0) is 12.7 Å². The molecular formula is C16H25F3IN3O. The maximum atomic E-state index is 13.3. The van der Waals surface area contributed by atoms with Crippen molar-refractivity contribution in [3.05, 3.63) is 29.3 Å². The smallest absolute Gasteiger partial charge is 0.416 e. The first-order valence-corrected chi connectivity index (χ1v) is 7.21. The minimum absolute atomic E-state index is 0. The van der Waals surface area contributed by atoms with Gasteiger partial charge in [-0.3, -0.25) is 4.99 Å². The molecule has 0 amide bonds. The lowest BCUT2D eigenvalue weighted by Crippen LogP contribution is -2.36. The summed E-state index contributed by atoms with van der Waals surface area (Å²) in [4.78, 5) is 5.68. The Kier molecular flexibility index (Phi) is 8.34. The Bertz CT molecular complexity index is 567. The van der Waals surface area contributed by atoms with Gasteiger partial charge in [-0.2, -0.15) is 13.2 Å². The van der Waals surface area contributed by atoms with Gasteiger partial charge in [0.2, 0.25) is 0 Å². The van der Waals surface area contributed by atoms with Crippen LogP contribution < -0.4 is 10.1 Å². The topological polar surface area (TPSA) is 36.9 Å². The molecule has 0 aliphatic heterocycles. The van der Waals surface area contributed by atoms with Gasteiger partial charge in [0, 0.05) is 27.7 Å². The Balaban J connectivity index is 0.00000529. The molecule has 0 spiro atoms. The molecule has 0 aliphatic rings. The Hall–Kier alpha value is -1.19. The summed E-state index contributed by atoms with van der Waals surface area (Å²) in [6.07, 6.45) is -4.45. The second-order valence-corrected chi connectivity index (χ2v) is 6.33. The van der Waals surface area contributed by atoms with Gasteiger partial charge in [-0.15, -0.1) is 24.0 Å². The maximum Gasteiger partial charge on any atom is 0.416 e. The van der Waals surface area contributed by atoms with Crippen LogP contribution in [0.3, 0.4) is 0 Å². The summed E-state index contributed by atoms with van der Waals surface area (Å²) in [6, 6.07) is 4.02. The highest BCUT2D eigenvalue weighted by atomic mass is 127. The van der Waals surface area contributed by atoms with Crippen LogP contribution in [0.2, 0.25) is 0 Å². The molecule has 0 saturated heterocycles. The standard InChI is InChI=1S/C16H24F3N3O.HI/c1-15(2,3)23-12-8-7-11(13(9-12)16(17,18)19)10-21-14(20-4)22(5)6;/h7-9H,10H2,1-6H3,(H,20,21);1H. The summed E-state index contributed by atoms with van der Waals surface area (Å²) < 4.78 is 45.4. The number of hydrogen-bond acceptors (Lipinski definition) is 2. The summed E-state index contributed by atoms with van der Waals surface area (Å²) in [5.41, 5.74) is -1.13. The molecule has 0 atom stereocenters. The SMILES string of the molecule is CN=C(NCc1ccc(OC(C)(C)C)cc1C(F)(F)F)N(C)C.I. The number of nitrogens with one attached hydrogen (secondary N) is 1. The zero-order valence-electron chi connectivity index (χ0n) is 14.8. The Morgan fingerprint density at radius 2 is 1.79 bits per heavy atom. The van der Waals surface area contributed by atoms with Gasteiger partial charge in [-0.05, 0) is 38.5 Å². The van der Waals surface area contributed by atoms with E-state index < -0.39 is 17.3 Å². The lowest BCUT2D eigenvalue weighted by Gasteiger charge is -2.23. The number of halogens is 4. The van der Waals surface area contributed by atoms with Crippen LogP contribution in [0, 0.1) is 0 Å². The van der Waals surface area contributed by atoms with Gasteiger partial charge in [-0.25, -0.2) is 0 Å². The van der Waals surface area contributed by atoms with Gasteiger partial charge < -0.3 is 15.0 Å². The predicted molar refractivity (Wildman–Crippen MR) is 101 cm³/mol. The Morgan fingerprint density at radius 3 is 2.21 bits per heavy atom. The first-order chi connectivity index (χ1) is 10.4. The quantitative estimate of drug-likeness (QED) is 0.420. The van der Waals surface area contributed by atoms with E-state index in [2.05, 4.69) is 10.3 Å². The third kappa shape index (κ3) is 7.14. The zero-order chi connectivity index (χ0) is 17.8. The molecule has 0 aromatic heterocycles. The highest BCUT2D eigenvalue weighted by molar-refractivity contribution is 14.0. The van der Waals surface area contributed by atoms with Crippen LogP contribution in [0.4, 0.5) is 13.2 Å². The second kappa shape index (κ2) is 8.77. The van der Waals surface area contributed by atoms with E-state index in [-0.39, 0.29) is 41.8 Å². The van der Waals surface area contributed by atoms with Gasteiger partial charge in [-0.1, -0.05) is 6.07 Å². The number of guanidine groups is 1. The van der Waals surface area contributed by atoms with Crippen LogP contribution >= 0.6 is 24.0 Å². The fourth-order valence-corrected chi connectivity index (χ4v) is 2.00. The van der Waals surface area contributed by atoms with E-state index in [1.54, 1.807) is 52.9 Å². The second-order valence-electron chi connectivity index (χ2n) is 6.33. The van der Waals surface area contributed by atoms with Crippen molar-refractivity contribution in [1.82, 2.24) is 10.2 Å². The minimum atomic E-state index is -4.45. The fourth-order valence-electron chi connectivity index (χ4n) is 2.00. The van der Waals surface area contributed by atoms with Crippen LogP contribution in [0.15, 0.2) is 23.2 Å². The van der Waals surface area contributed by atoms with Gasteiger partial charge in [0.1, 0.15) is 11.4 Å². The summed E-state index contributed by atoms with van der Waals surface area (Å²) in [5, 5.41) is 2.90. The molecule has 138 valence electrons. The van der Waals surface area contributed by atoms with Crippen molar-refractivity contribution in [2.75, 3.05) is 21.1 Å². The van der Waals surface area contributed by atoms with Crippen LogP contribution in [0.25, 0.3) is 0 Å². The molecule has 0 aliphatic carbocycles. The van der Waals surface area contributed by atoms with Crippen LogP contribution in [0.1, 0.15) is 31.9 Å². The molecule has 0 bridgehead atoms. The lowest BCUT2D eigenvalue weighted by molar-refractivity contribution is -0.138. The van der Waals surface area contributed by atoms with E-state index in [4.69, 9.17) is 4.74 Å². The number of rotatable bonds is 3. The molecule has 0 fully saturated rings. The van der Waals surface area contributed by atoms with E-state index in [1.165, 1.54) is 6.07 Å². The maximum absolute atomic E-state index is 13.3. The molecule has 0 radical (unpaired) electrons. The highest BCUT2D eigenvalue weighted by Crippen LogP contribution is 2.35. The summed E-state index contributed by atoms with van der Waals surface area (Å²) in [7, 11) is 5.10. The van der Waals surface area contributed by atoms with E-state index >= 15 is 0 Å². The van der Waals surface area contributed by atoms with E-state index in [0.29, 0.717) is 5.96 Å². The number of ether oxygens (including phenoxy) is 1. The number of nitrogens with zero attached hydrogens (tertiary/aromatic N) is 2. The molecule has 4 nitrogen and oxygen atoms in total. The number of alkyl halides is 3. The average Bonchev–Trinajstić information content (AvgIpc) is 2.37. The predicted octanol–water partition coefficient (Wildman–Crippen LogP) is 4.14. The zero-order valence-corrected chi connectivity index (χ0v) is 17.1. The van der Waals surface area contributed by atoms with Crippen molar-refractivity contribution >= 4 is 29.9 Å².